The molecule has 5 heteroatoms. The molecule has 2 rings (SSSR count). The van der Waals surface area contributed by atoms with Crippen molar-refractivity contribution in [3.8, 4) is 5.75 Å². The number of methoxy groups -OCH3 is 1. The fraction of sp³-hybridized carbons (Fsp3) is 0.533. The van der Waals surface area contributed by atoms with Crippen LogP contribution in [0.3, 0.4) is 0 Å². The maximum atomic E-state index is 14.0. The van der Waals surface area contributed by atoms with Crippen LogP contribution >= 0.6 is 0 Å². The number of halogens is 1. The van der Waals surface area contributed by atoms with Crippen molar-refractivity contribution in [2.24, 2.45) is 5.92 Å². The van der Waals surface area contributed by atoms with Crippen LogP contribution in [-0.2, 0) is 0 Å². The molecule has 2 unspecified atom stereocenters. The van der Waals surface area contributed by atoms with E-state index in [2.05, 4.69) is 11.8 Å². The quantitative estimate of drug-likeness (QED) is 0.847. The molecule has 1 fully saturated rings. The van der Waals surface area contributed by atoms with E-state index in [-0.39, 0.29) is 11.5 Å². The van der Waals surface area contributed by atoms with Crippen molar-refractivity contribution in [1.82, 2.24) is 9.80 Å². The number of carbonyl (C=O) groups is 1. The van der Waals surface area contributed by atoms with E-state index in [4.69, 9.17) is 4.74 Å². The van der Waals surface area contributed by atoms with Crippen molar-refractivity contribution in [3.05, 3.63) is 29.6 Å². The van der Waals surface area contributed by atoms with Gasteiger partial charge in [0, 0.05) is 25.2 Å². The zero-order chi connectivity index (χ0) is 14.9. The number of hydrogen-bond donors (Lipinski definition) is 0. The fourth-order valence-electron chi connectivity index (χ4n) is 2.75. The number of nitrogens with zero attached hydrogens (tertiary/aromatic N) is 2. The summed E-state index contributed by atoms with van der Waals surface area (Å²) in [6.07, 6.45) is 0. The minimum atomic E-state index is -0.532. The van der Waals surface area contributed by atoms with Crippen molar-refractivity contribution in [3.63, 3.8) is 0 Å². The number of carbonyl (C=O) groups excluding carboxylic acids is 1. The molecule has 1 aromatic carbocycles. The molecular weight excluding hydrogens is 259 g/mol. The van der Waals surface area contributed by atoms with Gasteiger partial charge in [0.05, 0.1) is 12.7 Å². The van der Waals surface area contributed by atoms with E-state index >= 15 is 0 Å². The summed E-state index contributed by atoms with van der Waals surface area (Å²) in [5, 5.41) is 0. The predicted octanol–water partition coefficient (Wildman–Crippen LogP) is 1.86. The summed E-state index contributed by atoms with van der Waals surface area (Å²) in [4.78, 5) is 16.2. The Bertz CT molecular complexity index is 505. The Balaban J connectivity index is 2.16. The summed E-state index contributed by atoms with van der Waals surface area (Å²) in [6, 6.07) is 4.67. The van der Waals surface area contributed by atoms with Gasteiger partial charge < -0.3 is 14.5 Å². The largest absolute Gasteiger partial charge is 0.497 e. The van der Waals surface area contributed by atoms with Crippen LogP contribution < -0.4 is 4.74 Å². The summed E-state index contributed by atoms with van der Waals surface area (Å²) in [7, 11) is 5.48. The Labute approximate surface area is 119 Å². The van der Waals surface area contributed by atoms with Gasteiger partial charge in [-0.05, 0) is 32.1 Å². The molecule has 20 heavy (non-hydrogen) atoms. The van der Waals surface area contributed by atoms with Gasteiger partial charge >= 0.3 is 0 Å². The van der Waals surface area contributed by atoms with Crippen molar-refractivity contribution in [2.45, 2.75) is 13.0 Å². The lowest BCUT2D eigenvalue weighted by Crippen LogP contribution is -2.36. The number of rotatable bonds is 3. The average Bonchev–Trinajstić information content (AvgIpc) is 2.80. The van der Waals surface area contributed by atoms with Gasteiger partial charge in [-0.15, -0.1) is 0 Å². The second-order valence-electron chi connectivity index (χ2n) is 5.56. The molecule has 2 atom stereocenters. The van der Waals surface area contributed by atoms with Crippen molar-refractivity contribution < 1.29 is 13.9 Å². The first-order chi connectivity index (χ1) is 9.43. The third-order valence-electron chi connectivity index (χ3n) is 3.93. The Morgan fingerprint density at radius 2 is 2.10 bits per heavy atom. The maximum Gasteiger partial charge on any atom is 0.256 e. The van der Waals surface area contributed by atoms with Crippen LogP contribution in [0.25, 0.3) is 0 Å². The highest BCUT2D eigenvalue weighted by atomic mass is 19.1. The number of hydrogen-bond acceptors (Lipinski definition) is 3. The number of benzene rings is 1. The zero-order valence-electron chi connectivity index (χ0n) is 12.4. The Morgan fingerprint density at radius 1 is 1.40 bits per heavy atom. The van der Waals surface area contributed by atoms with Crippen LogP contribution in [0, 0.1) is 11.7 Å². The molecular formula is C15H21FN2O2. The Kier molecular flexibility index (Phi) is 4.28. The smallest absolute Gasteiger partial charge is 0.256 e. The van der Waals surface area contributed by atoms with Gasteiger partial charge in [-0.25, -0.2) is 4.39 Å². The maximum absolute atomic E-state index is 14.0. The molecule has 1 heterocycles. The summed E-state index contributed by atoms with van der Waals surface area (Å²) in [5.41, 5.74) is 0.109. The minimum absolute atomic E-state index is 0.109. The van der Waals surface area contributed by atoms with Crippen molar-refractivity contribution >= 4 is 5.91 Å². The highest BCUT2D eigenvalue weighted by Gasteiger charge is 2.34. The van der Waals surface area contributed by atoms with E-state index in [1.807, 2.05) is 14.1 Å². The van der Waals surface area contributed by atoms with Crippen LogP contribution in [0.5, 0.6) is 5.75 Å². The molecule has 0 spiro atoms. The SMILES string of the molecule is COc1ccc(C(=O)N2CC(C)C(N(C)C)C2)c(F)c1. The normalized spacial score (nSPS) is 22.4. The Hall–Kier alpha value is -1.62. The molecule has 1 amide bonds. The summed E-state index contributed by atoms with van der Waals surface area (Å²) < 4.78 is 18.9. The average molecular weight is 280 g/mol. The van der Waals surface area contributed by atoms with E-state index in [1.165, 1.54) is 19.2 Å². The molecule has 0 aliphatic carbocycles. The molecule has 0 bridgehead atoms. The van der Waals surface area contributed by atoms with Crippen LogP contribution in [0.15, 0.2) is 18.2 Å². The molecule has 0 N–H and O–H groups in total. The molecule has 0 saturated carbocycles. The predicted molar refractivity (Wildman–Crippen MR) is 75.5 cm³/mol. The zero-order valence-corrected chi connectivity index (χ0v) is 12.4. The van der Waals surface area contributed by atoms with Crippen LogP contribution in [0.2, 0.25) is 0 Å². The fourth-order valence-corrected chi connectivity index (χ4v) is 2.75. The summed E-state index contributed by atoms with van der Waals surface area (Å²) >= 11 is 0. The third-order valence-corrected chi connectivity index (χ3v) is 3.93. The minimum Gasteiger partial charge on any atom is -0.497 e. The van der Waals surface area contributed by atoms with Crippen molar-refractivity contribution in [2.75, 3.05) is 34.3 Å². The van der Waals surface area contributed by atoms with Gasteiger partial charge in [-0.3, -0.25) is 4.79 Å². The summed E-state index contributed by atoms with van der Waals surface area (Å²) in [6.45, 7) is 3.41. The third kappa shape index (κ3) is 2.77. The van der Waals surface area contributed by atoms with Crippen LogP contribution in [-0.4, -0.2) is 56.0 Å². The molecule has 4 nitrogen and oxygen atoms in total. The Morgan fingerprint density at radius 3 is 2.60 bits per heavy atom. The first kappa shape index (κ1) is 14.8. The molecule has 0 radical (unpaired) electrons. The second kappa shape index (κ2) is 5.79. The number of ether oxygens (including phenoxy) is 1. The monoisotopic (exact) mass is 280 g/mol. The lowest BCUT2D eigenvalue weighted by atomic mass is 10.1. The van der Waals surface area contributed by atoms with E-state index in [9.17, 15) is 9.18 Å². The van der Waals surface area contributed by atoms with Gasteiger partial charge in [0.15, 0.2) is 0 Å². The van der Waals surface area contributed by atoms with Gasteiger partial charge in [0.1, 0.15) is 11.6 Å². The lowest BCUT2D eigenvalue weighted by molar-refractivity contribution is 0.0776. The number of likely N-dealkylation sites (N-methyl/N-ethyl adjacent to an activating group) is 1. The number of amides is 1. The molecule has 1 aliphatic heterocycles. The van der Waals surface area contributed by atoms with Gasteiger partial charge in [-0.2, -0.15) is 0 Å². The lowest BCUT2D eigenvalue weighted by Gasteiger charge is -2.22. The van der Waals surface area contributed by atoms with Gasteiger partial charge in [0.25, 0.3) is 5.91 Å². The van der Waals surface area contributed by atoms with E-state index < -0.39 is 5.82 Å². The van der Waals surface area contributed by atoms with Crippen LogP contribution in [0.4, 0.5) is 4.39 Å². The number of likely N-dealkylation sites (tertiary alicyclic amines) is 1. The summed E-state index contributed by atoms with van der Waals surface area (Å²) in [5.74, 6) is 0.0203. The highest BCUT2D eigenvalue weighted by molar-refractivity contribution is 5.94. The van der Waals surface area contributed by atoms with Crippen LogP contribution in [0.1, 0.15) is 17.3 Å². The van der Waals surface area contributed by atoms with E-state index in [0.717, 1.165) is 0 Å². The molecule has 110 valence electrons. The first-order valence-electron chi connectivity index (χ1n) is 6.73. The molecule has 0 aromatic heterocycles. The van der Waals surface area contributed by atoms with E-state index in [0.29, 0.717) is 30.8 Å². The standard InChI is InChI=1S/C15H21FN2O2/c1-10-8-18(9-14(10)17(2)3)15(19)12-6-5-11(20-4)7-13(12)16/h5-7,10,14H,8-9H2,1-4H3. The topological polar surface area (TPSA) is 32.8 Å². The molecule has 1 aromatic rings. The van der Waals surface area contributed by atoms with Gasteiger partial charge in [-0.1, -0.05) is 6.92 Å². The first-order valence-corrected chi connectivity index (χ1v) is 6.73. The molecule has 1 aliphatic rings. The van der Waals surface area contributed by atoms with E-state index in [1.54, 1.807) is 11.0 Å². The molecule has 1 saturated heterocycles. The highest BCUT2D eigenvalue weighted by Crippen LogP contribution is 2.24. The van der Waals surface area contributed by atoms with Crippen molar-refractivity contribution in [1.29, 1.82) is 0 Å². The van der Waals surface area contributed by atoms with Gasteiger partial charge in [0.2, 0.25) is 0 Å². The second-order valence-corrected chi connectivity index (χ2v) is 5.56.